The number of aryl methyl sites for hydroxylation is 2. The van der Waals surface area contributed by atoms with Gasteiger partial charge in [-0.2, -0.15) is 0 Å². The lowest BCUT2D eigenvalue weighted by atomic mass is 9.81. The SMILES string of the molecule is COc1c(C)cc(C)c(C(C)(C)CO)c1OC. The number of methoxy groups -OCH3 is 2. The van der Waals surface area contributed by atoms with Gasteiger partial charge in [0.1, 0.15) is 0 Å². The second-order valence-electron chi connectivity index (χ2n) is 4.99. The van der Waals surface area contributed by atoms with Gasteiger partial charge in [-0.3, -0.25) is 0 Å². The van der Waals surface area contributed by atoms with Crippen molar-refractivity contribution in [2.45, 2.75) is 33.1 Å². The van der Waals surface area contributed by atoms with Crippen LogP contribution >= 0.6 is 0 Å². The molecule has 1 N–H and O–H groups in total. The number of ether oxygens (including phenoxy) is 2. The highest BCUT2D eigenvalue weighted by Crippen LogP contribution is 2.42. The Labute approximate surface area is 103 Å². The average molecular weight is 238 g/mol. The highest BCUT2D eigenvalue weighted by Gasteiger charge is 2.28. The van der Waals surface area contributed by atoms with Crippen LogP contribution in [0, 0.1) is 13.8 Å². The van der Waals surface area contributed by atoms with Crippen LogP contribution in [-0.2, 0) is 5.41 Å². The predicted molar refractivity (Wildman–Crippen MR) is 69.1 cm³/mol. The first-order chi connectivity index (χ1) is 7.88. The third kappa shape index (κ3) is 2.39. The molecule has 1 rings (SSSR count). The van der Waals surface area contributed by atoms with Crippen LogP contribution in [0.5, 0.6) is 11.5 Å². The number of benzene rings is 1. The van der Waals surface area contributed by atoms with Crippen LogP contribution in [0.2, 0.25) is 0 Å². The zero-order chi connectivity index (χ0) is 13.2. The second-order valence-corrected chi connectivity index (χ2v) is 4.99. The van der Waals surface area contributed by atoms with Crippen molar-refractivity contribution in [1.82, 2.24) is 0 Å². The molecular formula is C14H22O3. The number of hydrogen-bond donors (Lipinski definition) is 1. The summed E-state index contributed by atoms with van der Waals surface area (Å²) in [6.07, 6.45) is 0. The second kappa shape index (κ2) is 4.96. The van der Waals surface area contributed by atoms with E-state index in [9.17, 15) is 5.11 Å². The topological polar surface area (TPSA) is 38.7 Å². The molecule has 0 saturated heterocycles. The van der Waals surface area contributed by atoms with E-state index in [2.05, 4.69) is 6.07 Å². The molecule has 0 spiro atoms. The first kappa shape index (κ1) is 13.8. The molecule has 0 atom stereocenters. The summed E-state index contributed by atoms with van der Waals surface area (Å²) in [5.41, 5.74) is 2.81. The molecular weight excluding hydrogens is 216 g/mol. The Hall–Kier alpha value is -1.22. The largest absolute Gasteiger partial charge is 0.493 e. The normalized spacial score (nSPS) is 11.5. The highest BCUT2D eigenvalue weighted by molar-refractivity contribution is 5.57. The van der Waals surface area contributed by atoms with E-state index in [1.807, 2.05) is 27.7 Å². The first-order valence-electron chi connectivity index (χ1n) is 5.72. The van der Waals surface area contributed by atoms with Gasteiger partial charge in [0.05, 0.1) is 20.8 Å². The van der Waals surface area contributed by atoms with E-state index in [0.717, 1.165) is 28.2 Å². The maximum atomic E-state index is 9.53. The molecule has 0 aliphatic carbocycles. The van der Waals surface area contributed by atoms with E-state index >= 15 is 0 Å². The molecule has 0 radical (unpaired) electrons. The molecule has 0 aliphatic heterocycles. The van der Waals surface area contributed by atoms with Crippen molar-refractivity contribution in [3.63, 3.8) is 0 Å². The monoisotopic (exact) mass is 238 g/mol. The van der Waals surface area contributed by atoms with Crippen LogP contribution in [0.15, 0.2) is 6.07 Å². The molecule has 0 fully saturated rings. The van der Waals surface area contributed by atoms with Crippen LogP contribution in [0.25, 0.3) is 0 Å². The summed E-state index contributed by atoms with van der Waals surface area (Å²) in [7, 11) is 3.27. The minimum Gasteiger partial charge on any atom is -0.493 e. The number of hydrogen-bond acceptors (Lipinski definition) is 3. The Morgan fingerprint density at radius 2 is 1.59 bits per heavy atom. The van der Waals surface area contributed by atoms with Gasteiger partial charge < -0.3 is 14.6 Å². The molecule has 0 saturated carbocycles. The van der Waals surface area contributed by atoms with E-state index in [1.165, 1.54) is 0 Å². The molecule has 0 aromatic heterocycles. The van der Waals surface area contributed by atoms with Gasteiger partial charge in [0, 0.05) is 11.0 Å². The third-order valence-electron chi connectivity index (χ3n) is 3.10. The smallest absolute Gasteiger partial charge is 0.165 e. The van der Waals surface area contributed by atoms with Crippen LogP contribution in [-0.4, -0.2) is 25.9 Å². The molecule has 0 amide bonds. The molecule has 1 aromatic rings. The van der Waals surface area contributed by atoms with Crippen LogP contribution in [0.1, 0.15) is 30.5 Å². The molecule has 0 bridgehead atoms. The Balaban J connectivity index is 3.59. The predicted octanol–water partition coefficient (Wildman–Crippen LogP) is 2.59. The fraction of sp³-hybridized carbons (Fsp3) is 0.571. The number of rotatable bonds is 4. The fourth-order valence-electron chi connectivity index (χ4n) is 2.30. The van der Waals surface area contributed by atoms with Crippen LogP contribution < -0.4 is 9.47 Å². The summed E-state index contributed by atoms with van der Waals surface area (Å²) in [6.45, 7) is 8.07. The van der Waals surface area contributed by atoms with Crippen molar-refractivity contribution in [1.29, 1.82) is 0 Å². The summed E-state index contributed by atoms with van der Waals surface area (Å²) in [5.74, 6) is 1.47. The molecule has 3 heteroatoms. The van der Waals surface area contributed by atoms with Crippen LogP contribution in [0.3, 0.4) is 0 Å². The lowest BCUT2D eigenvalue weighted by Gasteiger charge is -2.28. The molecule has 3 nitrogen and oxygen atoms in total. The molecule has 0 aliphatic rings. The average Bonchev–Trinajstić information content (AvgIpc) is 2.27. The van der Waals surface area contributed by atoms with E-state index in [1.54, 1.807) is 14.2 Å². The summed E-state index contributed by atoms with van der Waals surface area (Å²) in [4.78, 5) is 0. The molecule has 96 valence electrons. The maximum absolute atomic E-state index is 9.53. The Kier molecular flexibility index (Phi) is 4.04. The lowest BCUT2D eigenvalue weighted by Crippen LogP contribution is -2.24. The van der Waals surface area contributed by atoms with Crippen molar-refractivity contribution >= 4 is 0 Å². The summed E-state index contributed by atoms with van der Waals surface area (Å²) in [6, 6.07) is 2.06. The summed E-state index contributed by atoms with van der Waals surface area (Å²) in [5, 5.41) is 9.53. The van der Waals surface area contributed by atoms with E-state index in [0.29, 0.717) is 0 Å². The Morgan fingerprint density at radius 1 is 1.06 bits per heavy atom. The van der Waals surface area contributed by atoms with Gasteiger partial charge in [-0.05, 0) is 25.0 Å². The van der Waals surface area contributed by atoms with Crippen molar-refractivity contribution in [3.8, 4) is 11.5 Å². The standard InChI is InChI=1S/C14H22O3/c1-9-7-10(2)12(16-5)13(17-6)11(9)14(3,4)8-15/h7,15H,8H2,1-6H3. The van der Waals surface area contributed by atoms with E-state index < -0.39 is 0 Å². The van der Waals surface area contributed by atoms with Gasteiger partial charge in [-0.25, -0.2) is 0 Å². The minimum absolute atomic E-state index is 0.0659. The van der Waals surface area contributed by atoms with Crippen molar-refractivity contribution in [3.05, 3.63) is 22.8 Å². The summed E-state index contributed by atoms with van der Waals surface area (Å²) < 4.78 is 10.9. The highest BCUT2D eigenvalue weighted by atomic mass is 16.5. The Bertz CT molecular complexity index is 408. The van der Waals surface area contributed by atoms with Gasteiger partial charge in [0.15, 0.2) is 11.5 Å². The van der Waals surface area contributed by atoms with Crippen molar-refractivity contribution < 1.29 is 14.6 Å². The first-order valence-corrected chi connectivity index (χ1v) is 5.72. The van der Waals surface area contributed by atoms with Crippen LogP contribution in [0.4, 0.5) is 0 Å². The van der Waals surface area contributed by atoms with Gasteiger partial charge in [0.2, 0.25) is 0 Å². The van der Waals surface area contributed by atoms with E-state index in [4.69, 9.17) is 9.47 Å². The summed E-state index contributed by atoms with van der Waals surface area (Å²) >= 11 is 0. The number of aliphatic hydroxyl groups excluding tert-OH is 1. The quantitative estimate of drug-likeness (QED) is 0.876. The Morgan fingerprint density at radius 3 is 2.00 bits per heavy atom. The molecule has 17 heavy (non-hydrogen) atoms. The number of aliphatic hydroxyl groups is 1. The van der Waals surface area contributed by atoms with Crippen molar-refractivity contribution in [2.75, 3.05) is 20.8 Å². The van der Waals surface area contributed by atoms with Gasteiger partial charge >= 0.3 is 0 Å². The third-order valence-corrected chi connectivity index (χ3v) is 3.10. The van der Waals surface area contributed by atoms with E-state index in [-0.39, 0.29) is 12.0 Å². The molecule has 0 unspecified atom stereocenters. The van der Waals surface area contributed by atoms with Gasteiger partial charge in [-0.1, -0.05) is 19.9 Å². The zero-order valence-corrected chi connectivity index (χ0v) is 11.5. The zero-order valence-electron chi connectivity index (χ0n) is 11.5. The lowest BCUT2D eigenvalue weighted by molar-refractivity contribution is 0.213. The molecule has 0 heterocycles. The molecule has 1 aromatic carbocycles. The maximum Gasteiger partial charge on any atom is 0.165 e. The minimum atomic E-state index is -0.351. The fourth-order valence-corrected chi connectivity index (χ4v) is 2.30. The van der Waals surface area contributed by atoms with Gasteiger partial charge in [-0.15, -0.1) is 0 Å². The van der Waals surface area contributed by atoms with Crippen molar-refractivity contribution in [2.24, 2.45) is 0 Å². The van der Waals surface area contributed by atoms with Gasteiger partial charge in [0.25, 0.3) is 0 Å².